The summed E-state index contributed by atoms with van der Waals surface area (Å²) >= 11 is 0. The van der Waals surface area contributed by atoms with Crippen molar-refractivity contribution in [3.63, 3.8) is 0 Å². The first-order valence-electron chi connectivity index (χ1n) is 12.9. The number of ketones is 1. The van der Waals surface area contributed by atoms with E-state index in [2.05, 4.69) is 4.90 Å². The van der Waals surface area contributed by atoms with Gasteiger partial charge in [-0.25, -0.2) is 0 Å². The molecule has 2 aromatic rings. The molecule has 198 valence electrons. The Morgan fingerprint density at radius 1 is 1.05 bits per heavy atom. The molecule has 0 bridgehead atoms. The summed E-state index contributed by atoms with van der Waals surface area (Å²) in [6.45, 7) is 8.82. The fraction of sp³-hybridized carbons (Fsp3) is 0.448. The number of hydrogen-bond acceptors (Lipinski definition) is 7. The van der Waals surface area contributed by atoms with Crippen LogP contribution in [0, 0.1) is 6.92 Å². The van der Waals surface area contributed by atoms with Gasteiger partial charge in [0.1, 0.15) is 17.3 Å². The van der Waals surface area contributed by atoms with E-state index in [1.807, 2.05) is 32.0 Å². The predicted molar refractivity (Wildman–Crippen MR) is 141 cm³/mol. The molecule has 0 radical (unpaired) electrons. The van der Waals surface area contributed by atoms with Gasteiger partial charge in [0.15, 0.2) is 0 Å². The van der Waals surface area contributed by atoms with E-state index in [1.54, 1.807) is 36.3 Å². The summed E-state index contributed by atoms with van der Waals surface area (Å²) in [4.78, 5) is 30.5. The van der Waals surface area contributed by atoms with Crippen LogP contribution in [0.25, 0.3) is 5.76 Å². The number of ether oxygens (including phenoxy) is 3. The molecule has 0 spiro atoms. The molecule has 1 unspecified atom stereocenters. The quantitative estimate of drug-likeness (QED) is 0.295. The molecule has 2 aliphatic heterocycles. The summed E-state index contributed by atoms with van der Waals surface area (Å²) in [6.07, 6.45) is 1.60. The molecule has 1 amide bonds. The van der Waals surface area contributed by atoms with Crippen LogP contribution < -0.4 is 9.47 Å². The van der Waals surface area contributed by atoms with Crippen molar-refractivity contribution in [3.8, 4) is 11.5 Å². The van der Waals surface area contributed by atoms with E-state index in [0.29, 0.717) is 49.8 Å². The van der Waals surface area contributed by atoms with Crippen molar-refractivity contribution < 1.29 is 28.9 Å². The van der Waals surface area contributed by atoms with Crippen LogP contribution in [0.15, 0.2) is 48.0 Å². The van der Waals surface area contributed by atoms with Crippen LogP contribution in [-0.4, -0.2) is 79.7 Å². The summed E-state index contributed by atoms with van der Waals surface area (Å²) in [7, 11) is 1.59. The van der Waals surface area contributed by atoms with Crippen LogP contribution in [0.4, 0.5) is 0 Å². The summed E-state index contributed by atoms with van der Waals surface area (Å²) in [5.74, 6) is -0.0626. The Bertz CT molecular complexity index is 1140. The molecule has 37 heavy (non-hydrogen) atoms. The Balaban J connectivity index is 1.67. The van der Waals surface area contributed by atoms with Gasteiger partial charge in [0.25, 0.3) is 11.7 Å². The maximum absolute atomic E-state index is 13.3. The van der Waals surface area contributed by atoms with E-state index in [4.69, 9.17) is 14.2 Å². The molecule has 0 aromatic heterocycles. The molecule has 2 fully saturated rings. The Morgan fingerprint density at radius 3 is 2.41 bits per heavy atom. The van der Waals surface area contributed by atoms with Crippen LogP contribution in [0.2, 0.25) is 0 Å². The van der Waals surface area contributed by atoms with Crippen LogP contribution in [-0.2, 0) is 14.3 Å². The van der Waals surface area contributed by atoms with Gasteiger partial charge in [0, 0.05) is 31.7 Å². The molecule has 2 aliphatic rings. The number of carbonyl (C=O) groups is 2. The lowest BCUT2D eigenvalue weighted by Gasteiger charge is -2.29. The second kappa shape index (κ2) is 12.3. The van der Waals surface area contributed by atoms with Gasteiger partial charge >= 0.3 is 0 Å². The van der Waals surface area contributed by atoms with E-state index in [1.165, 1.54) is 0 Å². The predicted octanol–water partition coefficient (Wildman–Crippen LogP) is 3.94. The molecular formula is C29H36N2O6. The van der Waals surface area contributed by atoms with E-state index >= 15 is 0 Å². The van der Waals surface area contributed by atoms with Gasteiger partial charge in [-0.1, -0.05) is 19.1 Å². The highest BCUT2D eigenvalue weighted by Gasteiger charge is 2.46. The number of carbonyl (C=O) groups excluding carboxylic acids is 2. The van der Waals surface area contributed by atoms with Gasteiger partial charge in [0.2, 0.25) is 0 Å². The molecule has 1 N–H and O–H groups in total. The van der Waals surface area contributed by atoms with Crippen LogP contribution in [0.1, 0.15) is 42.5 Å². The molecule has 0 aliphatic carbocycles. The first kappa shape index (κ1) is 26.7. The monoisotopic (exact) mass is 508 g/mol. The lowest BCUT2D eigenvalue weighted by Crippen LogP contribution is -2.38. The molecule has 8 heteroatoms. The number of aliphatic hydroxyl groups excluding tert-OH is 1. The van der Waals surface area contributed by atoms with Crippen LogP contribution >= 0.6 is 0 Å². The lowest BCUT2D eigenvalue weighted by molar-refractivity contribution is -0.140. The fourth-order valence-electron chi connectivity index (χ4n) is 4.89. The Labute approximate surface area is 218 Å². The molecule has 0 saturated carbocycles. The van der Waals surface area contributed by atoms with Crippen molar-refractivity contribution in [2.75, 3.05) is 53.1 Å². The molecule has 8 nitrogen and oxygen atoms in total. The van der Waals surface area contributed by atoms with Crippen LogP contribution in [0.3, 0.4) is 0 Å². The smallest absolute Gasteiger partial charge is 0.295 e. The van der Waals surface area contributed by atoms with E-state index in [9.17, 15) is 14.7 Å². The third-order valence-corrected chi connectivity index (χ3v) is 6.87. The first-order chi connectivity index (χ1) is 17.9. The number of hydrogen-bond donors (Lipinski definition) is 1. The van der Waals surface area contributed by atoms with Gasteiger partial charge in [-0.05, 0) is 61.2 Å². The highest BCUT2D eigenvalue weighted by atomic mass is 16.5. The van der Waals surface area contributed by atoms with Gasteiger partial charge in [0.05, 0.1) is 38.5 Å². The van der Waals surface area contributed by atoms with E-state index in [0.717, 1.165) is 37.2 Å². The maximum Gasteiger partial charge on any atom is 0.295 e. The highest BCUT2D eigenvalue weighted by molar-refractivity contribution is 6.46. The zero-order valence-corrected chi connectivity index (χ0v) is 21.9. The number of benzene rings is 2. The SMILES string of the molecule is CCCOc1ccc(C(O)=C2C(=O)C(=O)N(CCCN3CCOCC3)C2c2ccc(OC)cc2)c(C)c1. The Kier molecular flexibility index (Phi) is 8.84. The molecule has 2 saturated heterocycles. The zero-order valence-electron chi connectivity index (χ0n) is 21.9. The van der Waals surface area contributed by atoms with Crippen molar-refractivity contribution in [1.82, 2.24) is 9.80 Å². The van der Waals surface area contributed by atoms with Gasteiger partial charge in [-0.15, -0.1) is 0 Å². The molecule has 1 atom stereocenters. The van der Waals surface area contributed by atoms with E-state index in [-0.39, 0.29) is 11.3 Å². The summed E-state index contributed by atoms with van der Waals surface area (Å²) < 4.78 is 16.4. The number of aliphatic hydroxyl groups is 1. The van der Waals surface area contributed by atoms with Crippen molar-refractivity contribution in [1.29, 1.82) is 0 Å². The van der Waals surface area contributed by atoms with Gasteiger partial charge in [-0.2, -0.15) is 0 Å². The normalized spacial score (nSPS) is 19.9. The number of amides is 1. The number of rotatable bonds is 10. The highest BCUT2D eigenvalue weighted by Crippen LogP contribution is 2.40. The number of nitrogens with zero attached hydrogens (tertiary/aromatic N) is 2. The largest absolute Gasteiger partial charge is 0.507 e. The van der Waals surface area contributed by atoms with Gasteiger partial charge in [-0.3, -0.25) is 14.5 Å². The first-order valence-corrected chi connectivity index (χ1v) is 12.9. The Hall–Kier alpha value is -3.36. The minimum Gasteiger partial charge on any atom is -0.507 e. The number of aryl methyl sites for hydroxylation is 1. The standard InChI is InChI=1S/C29H36N2O6/c1-4-16-37-23-10-11-24(20(2)19-23)27(32)25-26(21-6-8-22(35-3)9-7-21)31(29(34)28(25)33)13-5-12-30-14-17-36-18-15-30/h6-11,19,26,32H,4-5,12-18H2,1-3H3. The number of methoxy groups -OCH3 is 1. The summed E-state index contributed by atoms with van der Waals surface area (Å²) in [5.41, 5.74) is 2.12. The second-order valence-electron chi connectivity index (χ2n) is 9.40. The molecular weight excluding hydrogens is 472 g/mol. The maximum atomic E-state index is 13.3. The second-order valence-corrected chi connectivity index (χ2v) is 9.40. The topological polar surface area (TPSA) is 88.5 Å². The number of Topliss-reactive ketones (excluding diaryl/α,β-unsaturated/α-hetero) is 1. The average Bonchev–Trinajstić information content (AvgIpc) is 3.17. The summed E-state index contributed by atoms with van der Waals surface area (Å²) in [5, 5.41) is 11.4. The molecule has 4 rings (SSSR count). The third kappa shape index (κ3) is 5.97. The average molecular weight is 509 g/mol. The zero-order chi connectivity index (χ0) is 26.4. The number of morpholine rings is 1. The minimum atomic E-state index is -0.689. The minimum absolute atomic E-state index is 0.104. The molecule has 2 aromatic carbocycles. The third-order valence-electron chi connectivity index (χ3n) is 6.87. The van der Waals surface area contributed by atoms with Crippen molar-refractivity contribution in [2.24, 2.45) is 0 Å². The summed E-state index contributed by atoms with van der Waals surface area (Å²) in [6, 6.07) is 11.9. The van der Waals surface area contributed by atoms with E-state index < -0.39 is 17.7 Å². The van der Waals surface area contributed by atoms with Crippen LogP contribution in [0.5, 0.6) is 11.5 Å². The lowest BCUT2D eigenvalue weighted by atomic mass is 9.93. The Morgan fingerprint density at radius 2 is 1.76 bits per heavy atom. The van der Waals surface area contributed by atoms with Gasteiger partial charge < -0.3 is 24.2 Å². The van der Waals surface area contributed by atoms with Crippen molar-refractivity contribution in [3.05, 3.63) is 64.7 Å². The molecule has 2 heterocycles. The van der Waals surface area contributed by atoms with Crippen molar-refractivity contribution in [2.45, 2.75) is 32.7 Å². The fourth-order valence-corrected chi connectivity index (χ4v) is 4.89. The number of likely N-dealkylation sites (tertiary alicyclic amines) is 1. The van der Waals surface area contributed by atoms with Crippen molar-refractivity contribution >= 4 is 17.4 Å².